The van der Waals surface area contributed by atoms with Gasteiger partial charge in [0.25, 0.3) is 5.91 Å². The van der Waals surface area contributed by atoms with Gasteiger partial charge in [0.05, 0.1) is 42.6 Å². The van der Waals surface area contributed by atoms with Crippen molar-refractivity contribution in [3.8, 4) is 34.1 Å². The number of carbonyl (C=O) groups is 1. The molecule has 0 radical (unpaired) electrons. The molecule has 3 heterocycles. The molecular weight excluding hydrogens is 458 g/mol. The van der Waals surface area contributed by atoms with Gasteiger partial charge in [-0.25, -0.2) is 9.67 Å². The van der Waals surface area contributed by atoms with Crippen LogP contribution in [0.25, 0.3) is 33.7 Å². The standard InChI is InChI=1S/C26H25N7O3/c1-15(2)33-24-20(14-27-33)19(13-21(28-24)16-8-6-5-7-9-16)25(34)30-26-29-23(31-32-26)18-11-10-17(35-3)12-22(18)36-4/h5-15H,1-4H3,(H2,29,30,31,32,34). The summed E-state index contributed by atoms with van der Waals surface area (Å²) in [5.41, 5.74) is 3.32. The van der Waals surface area contributed by atoms with E-state index in [4.69, 9.17) is 14.5 Å². The number of aromatic nitrogens is 6. The number of fused-ring (bicyclic) bond motifs is 1. The minimum Gasteiger partial charge on any atom is -0.497 e. The number of hydrogen-bond acceptors (Lipinski definition) is 7. The number of methoxy groups -OCH3 is 2. The Kier molecular flexibility index (Phi) is 6.07. The van der Waals surface area contributed by atoms with E-state index in [2.05, 4.69) is 25.6 Å². The highest BCUT2D eigenvalue weighted by Gasteiger charge is 2.20. The van der Waals surface area contributed by atoms with Crippen molar-refractivity contribution >= 4 is 22.9 Å². The summed E-state index contributed by atoms with van der Waals surface area (Å²) in [6.07, 6.45) is 1.66. The summed E-state index contributed by atoms with van der Waals surface area (Å²) in [5, 5.41) is 14.9. The highest BCUT2D eigenvalue weighted by atomic mass is 16.5. The molecule has 0 atom stereocenters. The summed E-state index contributed by atoms with van der Waals surface area (Å²) in [5.74, 6) is 1.43. The average molecular weight is 484 g/mol. The zero-order valence-electron chi connectivity index (χ0n) is 20.3. The van der Waals surface area contributed by atoms with Crippen molar-refractivity contribution in [2.75, 3.05) is 19.5 Å². The highest BCUT2D eigenvalue weighted by molar-refractivity contribution is 6.12. The van der Waals surface area contributed by atoms with Crippen molar-refractivity contribution in [2.24, 2.45) is 0 Å². The predicted molar refractivity (Wildman–Crippen MR) is 136 cm³/mol. The van der Waals surface area contributed by atoms with Gasteiger partial charge in [-0.2, -0.15) is 10.1 Å². The molecule has 3 aromatic heterocycles. The van der Waals surface area contributed by atoms with Gasteiger partial charge in [0.2, 0.25) is 5.95 Å². The van der Waals surface area contributed by atoms with E-state index in [9.17, 15) is 4.79 Å². The summed E-state index contributed by atoms with van der Waals surface area (Å²) >= 11 is 0. The first kappa shape index (κ1) is 23.0. The van der Waals surface area contributed by atoms with Crippen LogP contribution in [0.2, 0.25) is 0 Å². The SMILES string of the molecule is COc1ccc(-c2nc(NC(=O)c3cc(-c4ccccc4)nc4c3cnn4C(C)C)n[nH]2)c(OC)c1. The number of H-pyrrole nitrogens is 1. The Bertz CT molecular complexity index is 1540. The van der Waals surface area contributed by atoms with E-state index in [1.54, 1.807) is 43.3 Å². The zero-order chi connectivity index (χ0) is 25.2. The maximum atomic E-state index is 13.4. The first-order chi connectivity index (χ1) is 17.5. The summed E-state index contributed by atoms with van der Waals surface area (Å²) in [6.45, 7) is 4.04. The normalized spacial score (nSPS) is 11.1. The number of benzene rings is 2. The van der Waals surface area contributed by atoms with E-state index in [1.807, 2.05) is 50.2 Å². The summed E-state index contributed by atoms with van der Waals surface area (Å²) in [4.78, 5) is 22.7. The molecule has 0 spiro atoms. The molecule has 0 aliphatic carbocycles. The molecule has 1 amide bonds. The third kappa shape index (κ3) is 4.24. The zero-order valence-corrected chi connectivity index (χ0v) is 20.3. The molecule has 0 unspecified atom stereocenters. The smallest absolute Gasteiger partial charge is 0.258 e. The van der Waals surface area contributed by atoms with Crippen LogP contribution in [0.4, 0.5) is 5.95 Å². The van der Waals surface area contributed by atoms with Crippen molar-refractivity contribution in [1.29, 1.82) is 0 Å². The lowest BCUT2D eigenvalue weighted by atomic mass is 10.1. The van der Waals surface area contributed by atoms with Gasteiger partial charge in [-0.15, -0.1) is 5.10 Å². The third-order valence-corrected chi connectivity index (χ3v) is 5.74. The van der Waals surface area contributed by atoms with Gasteiger partial charge in [-0.05, 0) is 32.0 Å². The number of hydrogen-bond donors (Lipinski definition) is 2. The Morgan fingerprint density at radius 2 is 1.83 bits per heavy atom. The summed E-state index contributed by atoms with van der Waals surface area (Å²) in [7, 11) is 3.15. The topological polar surface area (TPSA) is 120 Å². The number of nitrogens with zero attached hydrogens (tertiary/aromatic N) is 5. The predicted octanol–water partition coefficient (Wildman–Crippen LogP) is 4.73. The number of aromatic amines is 1. The molecule has 0 bridgehead atoms. The minimum absolute atomic E-state index is 0.0759. The van der Waals surface area contributed by atoms with Crippen molar-refractivity contribution in [3.05, 3.63) is 66.4 Å². The van der Waals surface area contributed by atoms with Gasteiger partial charge >= 0.3 is 0 Å². The van der Waals surface area contributed by atoms with Crippen molar-refractivity contribution < 1.29 is 14.3 Å². The molecule has 10 heteroatoms. The lowest BCUT2D eigenvalue weighted by Gasteiger charge is -2.10. The Morgan fingerprint density at radius 3 is 2.56 bits per heavy atom. The largest absolute Gasteiger partial charge is 0.497 e. The molecule has 0 aliphatic rings. The molecule has 2 aromatic carbocycles. The molecule has 5 rings (SSSR count). The second kappa shape index (κ2) is 9.49. The van der Waals surface area contributed by atoms with Crippen LogP contribution >= 0.6 is 0 Å². The van der Waals surface area contributed by atoms with E-state index in [0.29, 0.717) is 45.2 Å². The number of nitrogens with one attached hydrogen (secondary N) is 2. The maximum absolute atomic E-state index is 13.4. The van der Waals surface area contributed by atoms with E-state index in [-0.39, 0.29) is 17.9 Å². The van der Waals surface area contributed by atoms with Crippen molar-refractivity contribution in [1.82, 2.24) is 29.9 Å². The Hall–Kier alpha value is -4.73. The molecule has 0 saturated carbocycles. The molecule has 5 aromatic rings. The van der Waals surface area contributed by atoms with Crippen LogP contribution in [0, 0.1) is 0 Å². The van der Waals surface area contributed by atoms with Crippen LogP contribution in [-0.4, -0.2) is 50.1 Å². The Morgan fingerprint density at radius 1 is 1.03 bits per heavy atom. The molecular formula is C26H25N7O3. The number of amides is 1. The fraction of sp³-hybridized carbons (Fsp3) is 0.192. The van der Waals surface area contributed by atoms with Crippen LogP contribution in [0.1, 0.15) is 30.2 Å². The van der Waals surface area contributed by atoms with E-state index in [1.165, 1.54) is 0 Å². The van der Waals surface area contributed by atoms with Gasteiger partial charge in [-0.1, -0.05) is 30.3 Å². The molecule has 2 N–H and O–H groups in total. The first-order valence-corrected chi connectivity index (χ1v) is 11.4. The number of carbonyl (C=O) groups excluding carboxylic acids is 1. The Balaban J connectivity index is 1.51. The van der Waals surface area contributed by atoms with E-state index >= 15 is 0 Å². The quantitative estimate of drug-likeness (QED) is 0.343. The fourth-order valence-electron chi connectivity index (χ4n) is 3.94. The molecule has 0 saturated heterocycles. The number of ether oxygens (including phenoxy) is 2. The van der Waals surface area contributed by atoms with Gasteiger partial charge in [-0.3, -0.25) is 15.2 Å². The van der Waals surface area contributed by atoms with Crippen molar-refractivity contribution in [3.63, 3.8) is 0 Å². The van der Waals surface area contributed by atoms with Crippen LogP contribution in [0.5, 0.6) is 11.5 Å². The molecule has 10 nitrogen and oxygen atoms in total. The second-order valence-corrected chi connectivity index (χ2v) is 8.37. The first-order valence-electron chi connectivity index (χ1n) is 11.4. The maximum Gasteiger partial charge on any atom is 0.258 e. The van der Waals surface area contributed by atoms with Crippen LogP contribution in [0.15, 0.2) is 60.8 Å². The van der Waals surface area contributed by atoms with Crippen LogP contribution < -0.4 is 14.8 Å². The van der Waals surface area contributed by atoms with E-state index < -0.39 is 0 Å². The lowest BCUT2D eigenvalue weighted by Crippen LogP contribution is -2.14. The lowest BCUT2D eigenvalue weighted by molar-refractivity contribution is 0.102. The molecule has 182 valence electrons. The van der Waals surface area contributed by atoms with Crippen LogP contribution in [0.3, 0.4) is 0 Å². The fourth-order valence-corrected chi connectivity index (χ4v) is 3.94. The Labute approximate surface area is 207 Å². The average Bonchev–Trinajstić information content (AvgIpc) is 3.55. The summed E-state index contributed by atoms with van der Waals surface area (Å²) < 4.78 is 12.5. The molecule has 36 heavy (non-hydrogen) atoms. The van der Waals surface area contributed by atoms with Crippen LogP contribution in [-0.2, 0) is 0 Å². The monoisotopic (exact) mass is 483 g/mol. The van der Waals surface area contributed by atoms with Gasteiger partial charge in [0.15, 0.2) is 11.5 Å². The number of rotatable bonds is 7. The second-order valence-electron chi connectivity index (χ2n) is 8.37. The molecule has 0 aliphatic heterocycles. The third-order valence-electron chi connectivity index (χ3n) is 5.74. The number of pyridine rings is 1. The van der Waals surface area contributed by atoms with Gasteiger partial charge < -0.3 is 9.47 Å². The number of anilines is 1. The highest BCUT2D eigenvalue weighted by Crippen LogP contribution is 2.32. The molecule has 0 fully saturated rings. The van der Waals surface area contributed by atoms with Crippen molar-refractivity contribution in [2.45, 2.75) is 19.9 Å². The minimum atomic E-state index is -0.366. The van der Waals surface area contributed by atoms with E-state index in [0.717, 1.165) is 5.56 Å². The summed E-state index contributed by atoms with van der Waals surface area (Å²) in [6, 6.07) is 16.9. The van der Waals surface area contributed by atoms with Gasteiger partial charge in [0, 0.05) is 17.7 Å². The van der Waals surface area contributed by atoms with Gasteiger partial charge in [0.1, 0.15) is 11.5 Å².